The van der Waals surface area contributed by atoms with Gasteiger partial charge in [0.1, 0.15) is 10.6 Å². The largest absolute Gasteiger partial charge is 0.495 e. The van der Waals surface area contributed by atoms with Crippen LogP contribution in [0.5, 0.6) is 5.75 Å². The predicted octanol–water partition coefficient (Wildman–Crippen LogP) is 6.19. The summed E-state index contributed by atoms with van der Waals surface area (Å²) in [7, 11) is 1.49. The molecule has 0 aliphatic heterocycles. The van der Waals surface area contributed by atoms with Gasteiger partial charge in [0.25, 0.3) is 11.8 Å². The molecule has 11 heteroatoms. The van der Waals surface area contributed by atoms with Crippen molar-refractivity contribution in [1.82, 2.24) is 5.32 Å². The van der Waals surface area contributed by atoms with Crippen LogP contribution < -0.4 is 20.7 Å². The first-order valence-electron chi connectivity index (χ1n) is 9.38. The minimum absolute atomic E-state index is 0.0272. The number of amides is 2. The minimum atomic E-state index is -0.462. The number of anilines is 2. The number of benzene rings is 2. The SMILES string of the molecule is COc1ccc(NC(=O)c2ccco2)cc1NC(=S)NC(=O)c1sc2cc(Cl)ccc2c1Cl. The van der Waals surface area contributed by atoms with Crippen molar-refractivity contribution in [3.63, 3.8) is 0 Å². The molecule has 0 spiro atoms. The van der Waals surface area contributed by atoms with Crippen LogP contribution in [-0.2, 0) is 0 Å². The number of hydrogen-bond acceptors (Lipinski definition) is 6. The van der Waals surface area contributed by atoms with E-state index in [1.807, 2.05) is 0 Å². The molecule has 0 saturated heterocycles. The molecule has 2 aromatic heterocycles. The Labute approximate surface area is 207 Å². The molecule has 168 valence electrons. The van der Waals surface area contributed by atoms with Crippen LogP contribution in [0, 0.1) is 0 Å². The van der Waals surface area contributed by atoms with Gasteiger partial charge in [0.15, 0.2) is 10.9 Å². The maximum atomic E-state index is 12.8. The van der Waals surface area contributed by atoms with Gasteiger partial charge in [-0.15, -0.1) is 11.3 Å². The molecule has 2 aromatic carbocycles. The van der Waals surface area contributed by atoms with E-state index in [2.05, 4.69) is 16.0 Å². The minimum Gasteiger partial charge on any atom is -0.495 e. The second-order valence-corrected chi connectivity index (χ2v) is 8.92. The molecule has 2 amide bonds. The van der Waals surface area contributed by atoms with Gasteiger partial charge in [-0.05, 0) is 54.7 Å². The first-order valence-corrected chi connectivity index (χ1v) is 11.4. The van der Waals surface area contributed by atoms with Gasteiger partial charge in [0.05, 0.1) is 24.1 Å². The van der Waals surface area contributed by atoms with Gasteiger partial charge in [-0.2, -0.15) is 0 Å². The number of methoxy groups -OCH3 is 1. The Kier molecular flexibility index (Phi) is 6.85. The van der Waals surface area contributed by atoms with E-state index in [9.17, 15) is 9.59 Å². The molecule has 0 fully saturated rings. The molecule has 0 saturated carbocycles. The zero-order valence-corrected chi connectivity index (χ0v) is 20.0. The van der Waals surface area contributed by atoms with Crippen molar-refractivity contribution in [2.24, 2.45) is 0 Å². The molecule has 0 atom stereocenters. The van der Waals surface area contributed by atoms with Crippen molar-refractivity contribution in [3.8, 4) is 5.75 Å². The summed E-state index contributed by atoms with van der Waals surface area (Å²) in [6.45, 7) is 0. The third-order valence-corrected chi connectivity index (χ3v) is 6.57. The van der Waals surface area contributed by atoms with E-state index in [0.717, 1.165) is 10.1 Å². The number of hydrogen-bond donors (Lipinski definition) is 3. The predicted molar refractivity (Wildman–Crippen MR) is 135 cm³/mol. The fourth-order valence-corrected chi connectivity index (χ4v) is 4.87. The first-order chi connectivity index (χ1) is 15.9. The molecule has 4 rings (SSSR count). The average molecular weight is 520 g/mol. The van der Waals surface area contributed by atoms with Crippen LogP contribution in [0.25, 0.3) is 10.1 Å². The molecule has 0 aliphatic rings. The van der Waals surface area contributed by atoms with Crippen molar-refractivity contribution < 1.29 is 18.7 Å². The summed E-state index contributed by atoms with van der Waals surface area (Å²) in [6.07, 6.45) is 1.41. The van der Waals surface area contributed by atoms with Gasteiger partial charge >= 0.3 is 0 Å². The van der Waals surface area contributed by atoms with Crippen molar-refractivity contribution in [2.75, 3.05) is 17.7 Å². The molecular weight excluding hydrogens is 505 g/mol. The number of fused-ring (bicyclic) bond motifs is 1. The van der Waals surface area contributed by atoms with Crippen LogP contribution in [0.2, 0.25) is 10.0 Å². The van der Waals surface area contributed by atoms with Crippen LogP contribution in [-0.4, -0.2) is 24.0 Å². The van der Waals surface area contributed by atoms with Gasteiger partial charge in [0.2, 0.25) is 0 Å². The number of carbonyl (C=O) groups is 2. The number of ether oxygens (including phenoxy) is 1. The molecular formula is C22H15Cl2N3O4S2. The maximum absolute atomic E-state index is 12.8. The van der Waals surface area contributed by atoms with Crippen LogP contribution in [0.15, 0.2) is 59.2 Å². The third kappa shape index (κ3) is 5.12. The van der Waals surface area contributed by atoms with Gasteiger partial charge in [0, 0.05) is 20.8 Å². The van der Waals surface area contributed by atoms with E-state index < -0.39 is 11.8 Å². The molecule has 0 bridgehead atoms. The maximum Gasteiger partial charge on any atom is 0.291 e. The lowest BCUT2D eigenvalue weighted by atomic mass is 10.2. The van der Waals surface area contributed by atoms with Gasteiger partial charge in [-0.1, -0.05) is 29.3 Å². The number of thiocarbonyl (C=S) groups is 1. The second-order valence-electron chi connectivity index (χ2n) is 6.64. The Morgan fingerprint density at radius 1 is 1.06 bits per heavy atom. The van der Waals surface area contributed by atoms with Crippen LogP contribution in [0.1, 0.15) is 20.2 Å². The summed E-state index contributed by atoms with van der Waals surface area (Å²) in [5, 5.41) is 9.88. The molecule has 2 heterocycles. The Bertz CT molecular complexity index is 1370. The molecule has 33 heavy (non-hydrogen) atoms. The van der Waals surface area contributed by atoms with Gasteiger partial charge in [-0.25, -0.2) is 0 Å². The topological polar surface area (TPSA) is 92.6 Å². The quantitative estimate of drug-likeness (QED) is 0.272. The zero-order valence-electron chi connectivity index (χ0n) is 16.9. The summed E-state index contributed by atoms with van der Waals surface area (Å²) in [5.74, 6) is -0.246. The fourth-order valence-electron chi connectivity index (χ4n) is 2.98. The Hall–Kier alpha value is -3.11. The third-order valence-electron chi connectivity index (χ3n) is 4.48. The average Bonchev–Trinajstić information content (AvgIpc) is 3.42. The van der Waals surface area contributed by atoms with Crippen LogP contribution in [0.3, 0.4) is 0 Å². The van der Waals surface area contributed by atoms with E-state index in [1.54, 1.807) is 48.5 Å². The summed E-state index contributed by atoms with van der Waals surface area (Å²) in [4.78, 5) is 25.3. The summed E-state index contributed by atoms with van der Waals surface area (Å²) < 4.78 is 11.2. The highest BCUT2D eigenvalue weighted by atomic mass is 35.5. The summed E-state index contributed by atoms with van der Waals surface area (Å²) in [5.41, 5.74) is 0.910. The molecule has 0 aliphatic carbocycles. The number of furan rings is 1. The Morgan fingerprint density at radius 2 is 1.88 bits per heavy atom. The number of thiophene rings is 1. The number of halogens is 2. The van der Waals surface area contributed by atoms with E-state index >= 15 is 0 Å². The number of rotatable bonds is 5. The van der Waals surface area contributed by atoms with Crippen LogP contribution in [0.4, 0.5) is 11.4 Å². The number of nitrogens with one attached hydrogen (secondary N) is 3. The van der Waals surface area contributed by atoms with Crippen molar-refractivity contribution in [3.05, 3.63) is 75.5 Å². The molecule has 7 nitrogen and oxygen atoms in total. The van der Waals surface area contributed by atoms with E-state index in [4.69, 9.17) is 44.6 Å². The fraction of sp³-hybridized carbons (Fsp3) is 0.0455. The standard InChI is InChI=1S/C22H15Cl2N3O4S2/c1-30-15-7-5-12(25-20(28)16-3-2-8-31-16)10-14(15)26-22(32)27-21(29)19-18(24)13-6-4-11(23)9-17(13)33-19/h2-10H,1H3,(H,25,28)(H2,26,27,29,32). The summed E-state index contributed by atoms with van der Waals surface area (Å²) >= 11 is 18.9. The van der Waals surface area contributed by atoms with Gasteiger partial charge in [-0.3, -0.25) is 14.9 Å². The monoisotopic (exact) mass is 519 g/mol. The molecule has 4 aromatic rings. The van der Waals surface area contributed by atoms with Gasteiger partial charge < -0.3 is 19.8 Å². The van der Waals surface area contributed by atoms with Crippen molar-refractivity contribution >= 4 is 85.1 Å². The van der Waals surface area contributed by atoms with E-state index in [0.29, 0.717) is 32.0 Å². The zero-order chi connectivity index (χ0) is 23.5. The van der Waals surface area contributed by atoms with E-state index in [-0.39, 0.29) is 10.9 Å². The molecule has 3 N–H and O–H groups in total. The first kappa shape index (κ1) is 23.1. The molecule has 0 radical (unpaired) electrons. The Morgan fingerprint density at radius 3 is 2.61 bits per heavy atom. The number of carbonyl (C=O) groups excluding carboxylic acids is 2. The van der Waals surface area contributed by atoms with Crippen molar-refractivity contribution in [1.29, 1.82) is 0 Å². The normalized spacial score (nSPS) is 10.6. The molecule has 0 unspecified atom stereocenters. The highest BCUT2D eigenvalue weighted by Crippen LogP contribution is 2.36. The second kappa shape index (κ2) is 9.80. The van der Waals surface area contributed by atoms with Crippen molar-refractivity contribution in [2.45, 2.75) is 0 Å². The smallest absolute Gasteiger partial charge is 0.291 e. The highest BCUT2D eigenvalue weighted by Gasteiger charge is 2.19. The lowest BCUT2D eigenvalue weighted by molar-refractivity contribution is 0.0978. The lowest BCUT2D eigenvalue weighted by Crippen LogP contribution is -2.33. The summed E-state index contributed by atoms with van der Waals surface area (Å²) in [6, 6.07) is 13.3. The highest BCUT2D eigenvalue weighted by molar-refractivity contribution is 7.80. The lowest BCUT2D eigenvalue weighted by Gasteiger charge is -2.14. The van der Waals surface area contributed by atoms with Crippen LogP contribution >= 0.6 is 46.8 Å². The van der Waals surface area contributed by atoms with E-state index in [1.165, 1.54) is 24.7 Å². The Balaban J connectivity index is 1.49.